The maximum absolute atomic E-state index is 9.46. The van der Waals surface area contributed by atoms with E-state index in [1.54, 1.807) is 0 Å². The van der Waals surface area contributed by atoms with Gasteiger partial charge < -0.3 is 10.0 Å². The third-order valence-electron chi connectivity index (χ3n) is 3.20. The van der Waals surface area contributed by atoms with Gasteiger partial charge in [-0.05, 0) is 30.0 Å². The van der Waals surface area contributed by atoms with Crippen LogP contribution in [-0.2, 0) is 0 Å². The highest BCUT2D eigenvalue weighted by molar-refractivity contribution is 6.30. The monoisotopic (exact) mass is 239 g/mol. The Kier molecular flexibility index (Phi) is 3.85. The fourth-order valence-electron chi connectivity index (χ4n) is 2.28. The molecule has 1 heterocycles. The molecule has 2 rings (SSSR count). The molecule has 0 spiro atoms. The zero-order valence-corrected chi connectivity index (χ0v) is 10.3. The van der Waals surface area contributed by atoms with Gasteiger partial charge in [-0.1, -0.05) is 30.7 Å². The van der Waals surface area contributed by atoms with E-state index < -0.39 is 0 Å². The van der Waals surface area contributed by atoms with Crippen LogP contribution in [0.3, 0.4) is 0 Å². The van der Waals surface area contributed by atoms with E-state index >= 15 is 0 Å². The zero-order valence-electron chi connectivity index (χ0n) is 9.56. The van der Waals surface area contributed by atoms with Crippen molar-refractivity contribution < 1.29 is 5.11 Å². The van der Waals surface area contributed by atoms with Crippen LogP contribution >= 0.6 is 11.6 Å². The molecule has 1 saturated heterocycles. The molecule has 1 aromatic carbocycles. The van der Waals surface area contributed by atoms with Crippen LogP contribution in [-0.4, -0.2) is 35.7 Å². The maximum Gasteiger partial charge on any atom is 0.0679 e. The number of rotatable bonds is 3. The van der Waals surface area contributed by atoms with E-state index in [4.69, 9.17) is 11.6 Å². The number of hydrogen-bond donors (Lipinski definition) is 1. The van der Waals surface area contributed by atoms with Gasteiger partial charge in [-0.15, -0.1) is 0 Å². The first-order valence-electron chi connectivity index (χ1n) is 5.81. The van der Waals surface area contributed by atoms with Crippen molar-refractivity contribution in [3.8, 4) is 0 Å². The Labute approximate surface area is 102 Å². The number of β-amino-alcohol motifs (C(OH)–C–C–N with tert-alkyl or cyclic N) is 1. The summed E-state index contributed by atoms with van der Waals surface area (Å²) in [6.07, 6.45) is 0.772. The topological polar surface area (TPSA) is 23.5 Å². The molecule has 0 unspecified atom stereocenters. The van der Waals surface area contributed by atoms with E-state index in [2.05, 4.69) is 17.9 Å². The third kappa shape index (κ3) is 2.97. The number of likely N-dealkylation sites (tertiary alicyclic amines) is 1. The van der Waals surface area contributed by atoms with Crippen LogP contribution in [0.25, 0.3) is 0 Å². The van der Waals surface area contributed by atoms with E-state index in [0.29, 0.717) is 5.92 Å². The highest BCUT2D eigenvalue weighted by atomic mass is 35.5. The number of aliphatic hydroxyl groups is 1. The lowest BCUT2D eigenvalue weighted by molar-refractivity contribution is 0.175. The summed E-state index contributed by atoms with van der Waals surface area (Å²) in [7, 11) is 0. The van der Waals surface area contributed by atoms with Gasteiger partial charge >= 0.3 is 0 Å². The summed E-state index contributed by atoms with van der Waals surface area (Å²) in [5.74, 6) is 0.462. The van der Waals surface area contributed by atoms with Gasteiger partial charge in [-0.25, -0.2) is 0 Å². The highest BCUT2D eigenvalue weighted by Crippen LogP contribution is 2.22. The number of hydrogen-bond acceptors (Lipinski definition) is 2. The molecule has 1 fully saturated rings. The normalized spacial score (nSPS) is 23.6. The van der Waals surface area contributed by atoms with E-state index in [1.165, 1.54) is 5.56 Å². The summed E-state index contributed by atoms with van der Waals surface area (Å²) >= 11 is 5.98. The van der Waals surface area contributed by atoms with E-state index in [9.17, 15) is 5.11 Å². The van der Waals surface area contributed by atoms with Crippen LogP contribution in [0.2, 0.25) is 5.02 Å². The van der Waals surface area contributed by atoms with Crippen molar-refractivity contribution in [1.82, 2.24) is 4.90 Å². The van der Waals surface area contributed by atoms with Gasteiger partial charge in [-0.3, -0.25) is 0 Å². The minimum absolute atomic E-state index is 0.133. The van der Waals surface area contributed by atoms with Gasteiger partial charge in [0, 0.05) is 24.7 Å². The Balaban J connectivity index is 1.95. The van der Waals surface area contributed by atoms with Crippen molar-refractivity contribution in [2.24, 2.45) is 0 Å². The lowest BCUT2D eigenvalue weighted by Gasteiger charge is -2.20. The van der Waals surface area contributed by atoms with E-state index in [-0.39, 0.29) is 6.10 Å². The highest BCUT2D eigenvalue weighted by Gasteiger charge is 2.21. The Hall–Kier alpha value is -0.570. The second kappa shape index (κ2) is 5.17. The molecule has 0 saturated carbocycles. The average Bonchev–Trinajstić information content (AvgIpc) is 2.64. The molecule has 2 atom stereocenters. The number of benzene rings is 1. The van der Waals surface area contributed by atoms with Crippen LogP contribution in [0.5, 0.6) is 0 Å². The first-order valence-corrected chi connectivity index (χ1v) is 6.19. The minimum Gasteiger partial charge on any atom is -0.392 e. The molecule has 0 bridgehead atoms. The van der Waals surface area contributed by atoms with Crippen LogP contribution < -0.4 is 0 Å². The van der Waals surface area contributed by atoms with Gasteiger partial charge in [0.15, 0.2) is 0 Å². The Morgan fingerprint density at radius 1 is 1.56 bits per heavy atom. The van der Waals surface area contributed by atoms with Crippen molar-refractivity contribution in [1.29, 1.82) is 0 Å². The second-order valence-corrected chi connectivity index (χ2v) is 5.09. The quantitative estimate of drug-likeness (QED) is 0.876. The number of halogens is 1. The van der Waals surface area contributed by atoms with Gasteiger partial charge in [0.25, 0.3) is 0 Å². The third-order valence-corrected chi connectivity index (χ3v) is 3.43. The van der Waals surface area contributed by atoms with Crippen molar-refractivity contribution in [3.05, 3.63) is 34.9 Å². The fourth-order valence-corrected chi connectivity index (χ4v) is 2.48. The summed E-state index contributed by atoms with van der Waals surface area (Å²) in [6, 6.07) is 8.03. The van der Waals surface area contributed by atoms with Gasteiger partial charge in [-0.2, -0.15) is 0 Å². The van der Waals surface area contributed by atoms with Crippen molar-refractivity contribution in [2.45, 2.75) is 25.4 Å². The van der Waals surface area contributed by atoms with E-state index in [1.807, 2.05) is 18.2 Å². The molecule has 0 amide bonds. The smallest absolute Gasteiger partial charge is 0.0679 e. The molecule has 1 aliphatic heterocycles. The molecule has 1 aromatic rings. The molecule has 16 heavy (non-hydrogen) atoms. The standard InChI is InChI=1S/C13H18ClNO/c1-10(8-15-6-5-13(16)9-15)11-3-2-4-12(14)7-11/h2-4,7,10,13,16H,5-6,8-9H2,1H3/t10-,13+/m1/s1. The van der Waals surface area contributed by atoms with Crippen LogP contribution in [0.1, 0.15) is 24.8 Å². The molecule has 1 N–H and O–H groups in total. The average molecular weight is 240 g/mol. The van der Waals surface area contributed by atoms with Gasteiger partial charge in [0.2, 0.25) is 0 Å². The SMILES string of the molecule is C[C@H](CN1CC[C@H](O)C1)c1cccc(Cl)c1. The summed E-state index contributed by atoms with van der Waals surface area (Å²) in [6.45, 7) is 5.02. The first-order chi connectivity index (χ1) is 7.65. The summed E-state index contributed by atoms with van der Waals surface area (Å²) in [5.41, 5.74) is 1.27. The van der Waals surface area contributed by atoms with Crippen molar-refractivity contribution in [3.63, 3.8) is 0 Å². The van der Waals surface area contributed by atoms with E-state index in [0.717, 1.165) is 31.1 Å². The minimum atomic E-state index is -0.133. The Morgan fingerprint density at radius 2 is 2.38 bits per heavy atom. The van der Waals surface area contributed by atoms with Crippen molar-refractivity contribution >= 4 is 11.6 Å². The fraction of sp³-hybridized carbons (Fsp3) is 0.538. The Bertz CT molecular complexity index is 356. The molecule has 2 nitrogen and oxygen atoms in total. The number of nitrogens with zero attached hydrogens (tertiary/aromatic N) is 1. The largest absolute Gasteiger partial charge is 0.392 e. The molecule has 3 heteroatoms. The summed E-state index contributed by atoms with van der Waals surface area (Å²) in [4.78, 5) is 2.32. The molecule has 1 aliphatic rings. The number of aliphatic hydroxyl groups excluding tert-OH is 1. The van der Waals surface area contributed by atoms with Crippen LogP contribution in [0.15, 0.2) is 24.3 Å². The summed E-state index contributed by atoms with van der Waals surface area (Å²) < 4.78 is 0. The van der Waals surface area contributed by atoms with Crippen molar-refractivity contribution in [2.75, 3.05) is 19.6 Å². The molecule has 0 radical (unpaired) electrons. The first kappa shape index (κ1) is 11.9. The van der Waals surface area contributed by atoms with Crippen LogP contribution in [0, 0.1) is 0 Å². The predicted molar refractivity (Wildman–Crippen MR) is 66.9 cm³/mol. The predicted octanol–water partition coefficient (Wildman–Crippen LogP) is 2.51. The molecule has 0 aliphatic carbocycles. The maximum atomic E-state index is 9.46. The molecular weight excluding hydrogens is 222 g/mol. The Morgan fingerprint density at radius 3 is 3.00 bits per heavy atom. The molecule has 88 valence electrons. The molecule has 0 aromatic heterocycles. The zero-order chi connectivity index (χ0) is 11.5. The summed E-state index contributed by atoms with van der Waals surface area (Å²) in [5, 5.41) is 10.3. The lowest BCUT2D eigenvalue weighted by Crippen LogP contribution is -2.26. The molecular formula is C13H18ClNO. The second-order valence-electron chi connectivity index (χ2n) is 4.66. The van der Waals surface area contributed by atoms with Gasteiger partial charge in [0.05, 0.1) is 6.10 Å². The van der Waals surface area contributed by atoms with Gasteiger partial charge in [0.1, 0.15) is 0 Å². The lowest BCUT2D eigenvalue weighted by atomic mass is 10.0. The van der Waals surface area contributed by atoms with Crippen LogP contribution in [0.4, 0.5) is 0 Å².